The van der Waals surface area contributed by atoms with Gasteiger partial charge in [0, 0.05) is 61.2 Å². The Kier molecular flexibility index (Phi) is 8.95. The van der Waals surface area contributed by atoms with Crippen LogP contribution in [-0.2, 0) is 27.1 Å². The lowest BCUT2D eigenvalue weighted by Gasteiger charge is -2.27. The Morgan fingerprint density at radius 2 is 1.77 bits per heavy atom. The number of nitrogens with zero attached hydrogens (tertiary/aromatic N) is 6. The van der Waals surface area contributed by atoms with E-state index in [-0.39, 0.29) is 42.7 Å². The summed E-state index contributed by atoms with van der Waals surface area (Å²) in [5.41, 5.74) is 1.38. The second-order valence-electron chi connectivity index (χ2n) is 14.0. The summed E-state index contributed by atoms with van der Waals surface area (Å²) in [7, 11) is 0. The average Bonchev–Trinajstić information content (AvgIpc) is 3.50. The van der Waals surface area contributed by atoms with E-state index < -0.39 is 41.2 Å². The molecule has 1 aromatic carbocycles. The van der Waals surface area contributed by atoms with Gasteiger partial charge in [-0.25, -0.2) is 15.0 Å². The van der Waals surface area contributed by atoms with Gasteiger partial charge in [-0.15, -0.1) is 0 Å². The third-order valence-electron chi connectivity index (χ3n) is 10.2. The predicted octanol–water partition coefficient (Wildman–Crippen LogP) is 4.83. The number of aromatic nitrogens is 5. The highest BCUT2D eigenvalue weighted by Crippen LogP contribution is 2.59. The molecule has 0 spiro atoms. The Morgan fingerprint density at radius 1 is 1.00 bits per heavy atom. The Morgan fingerprint density at radius 3 is 2.50 bits per heavy atom. The number of carbonyl (C=O) groups excluding carboxylic acids is 4. The number of hydrogen-bond acceptors (Lipinski definition) is 9. The molecule has 5 heterocycles. The number of piperidine rings is 1. The van der Waals surface area contributed by atoms with Crippen LogP contribution in [0.3, 0.4) is 0 Å². The van der Waals surface area contributed by atoms with Crippen molar-refractivity contribution in [3.63, 3.8) is 0 Å². The summed E-state index contributed by atoms with van der Waals surface area (Å²) in [5, 5.41) is 14.1. The molecule has 3 atom stereocenters. The number of carbonyl (C=O) groups is 4. The van der Waals surface area contributed by atoms with Gasteiger partial charge in [0.05, 0.1) is 11.2 Å². The second kappa shape index (κ2) is 13.3. The summed E-state index contributed by atoms with van der Waals surface area (Å²) in [6.45, 7) is 5.18. The quantitative estimate of drug-likeness (QED) is 0.251. The summed E-state index contributed by atoms with van der Waals surface area (Å²) in [5.74, 6) is -1.22. The first-order valence-electron chi connectivity index (χ1n) is 17.3. The minimum atomic E-state index is -4.72. The molecule has 3 N–H and O–H groups in total. The number of pyridine rings is 1. The van der Waals surface area contributed by atoms with E-state index in [1.165, 1.54) is 29.5 Å². The lowest BCUT2D eigenvalue weighted by molar-refractivity contribution is -0.141. The average molecular weight is 718 g/mol. The van der Waals surface area contributed by atoms with Crippen LogP contribution in [0.2, 0.25) is 0 Å². The summed E-state index contributed by atoms with van der Waals surface area (Å²) in [6.07, 6.45) is 1.91. The molecule has 2 fully saturated rings. The van der Waals surface area contributed by atoms with Crippen molar-refractivity contribution in [3.8, 4) is 11.1 Å². The van der Waals surface area contributed by atoms with E-state index in [9.17, 15) is 32.3 Å². The van der Waals surface area contributed by atoms with Crippen molar-refractivity contribution in [2.45, 2.75) is 84.1 Å². The van der Waals surface area contributed by atoms with E-state index in [0.717, 1.165) is 30.0 Å². The van der Waals surface area contributed by atoms with Gasteiger partial charge in [-0.1, -0.05) is 12.5 Å². The van der Waals surface area contributed by atoms with Crippen molar-refractivity contribution in [1.29, 1.82) is 0 Å². The van der Waals surface area contributed by atoms with Crippen LogP contribution in [0.4, 0.5) is 24.7 Å². The number of ketones is 1. The van der Waals surface area contributed by atoms with Crippen LogP contribution >= 0.6 is 0 Å². The van der Waals surface area contributed by atoms with E-state index in [1.54, 1.807) is 19.3 Å². The molecule has 3 aliphatic rings. The largest absolute Gasteiger partial charge is 0.433 e. The van der Waals surface area contributed by atoms with Gasteiger partial charge in [0.2, 0.25) is 17.7 Å². The summed E-state index contributed by atoms with van der Waals surface area (Å²) < 4.78 is 41.9. The Bertz CT molecular complexity index is 2100. The minimum Gasteiger partial charge on any atom is -0.383 e. The fourth-order valence-corrected chi connectivity index (χ4v) is 7.40. The van der Waals surface area contributed by atoms with Crippen LogP contribution in [0.15, 0.2) is 36.7 Å². The number of nitrogens with one attached hydrogen (secondary N) is 3. The van der Waals surface area contributed by atoms with Gasteiger partial charge in [-0.2, -0.15) is 18.3 Å². The van der Waals surface area contributed by atoms with Crippen molar-refractivity contribution in [1.82, 2.24) is 34.9 Å². The molecular formula is C36H38F3N9O4. The fraction of sp³-hybridized carbons (Fsp3) is 0.444. The zero-order valence-corrected chi connectivity index (χ0v) is 28.9. The lowest BCUT2D eigenvalue weighted by Crippen LogP contribution is -2.47. The smallest absolute Gasteiger partial charge is 0.383 e. The maximum Gasteiger partial charge on any atom is 0.433 e. The van der Waals surface area contributed by atoms with Gasteiger partial charge in [-0.05, 0) is 68.9 Å². The van der Waals surface area contributed by atoms with Crippen LogP contribution in [0.5, 0.6) is 0 Å². The third-order valence-corrected chi connectivity index (χ3v) is 10.2. The van der Waals surface area contributed by atoms with Crippen LogP contribution in [0.25, 0.3) is 22.0 Å². The van der Waals surface area contributed by atoms with Gasteiger partial charge in [0.1, 0.15) is 35.6 Å². The SMILES string of the molecule is CC(=O)c1nn2c3c(cc(-c4cnc(C)nc4)cc13)NCCCCCC(=O)NC[C@@]13C[C@@H](C(=O)Nc4nc(C(F)(F)F)ccc4C)N(C(=O)C2)[C@@H]1C3. The molecular weight excluding hydrogens is 679 g/mol. The summed E-state index contributed by atoms with van der Waals surface area (Å²) in [4.78, 5) is 67.9. The number of Topliss-reactive ketones (excluding diaryl/α,β-unsaturated/α-hetero) is 1. The first-order chi connectivity index (χ1) is 24.7. The number of amides is 3. The summed E-state index contributed by atoms with van der Waals surface area (Å²) in [6, 6.07) is 4.32. The van der Waals surface area contributed by atoms with E-state index in [4.69, 9.17) is 0 Å². The van der Waals surface area contributed by atoms with Gasteiger partial charge in [-0.3, -0.25) is 23.9 Å². The molecule has 0 radical (unpaired) electrons. The number of anilines is 2. The monoisotopic (exact) mass is 717 g/mol. The highest BCUT2D eigenvalue weighted by molar-refractivity contribution is 6.09. The van der Waals surface area contributed by atoms with E-state index in [1.807, 2.05) is 12.1 Å². The van der Waals surface area contributed by atoms with Crippen LogP contribution < -0.4 is 16.0 Å². The lowest BCUT2D eigenvalue weighted by atomic mass is 9.98. The van der Waals surface area contributed by atoms with E-state index in [2.05, 4.69) is 36.0 Å². The van der Waals surface area contributed by atoms with Crippen LogP contribution in [0, 0.1) is 19.3 Å². The van der Waals surface area contributed by atoms with Gasteiger partial charge < -0.3 is 20.9 Å². The zero-order valence-electron chi connectivity index (χ0n) is 28.9. The molecule has 7 rings (SSSR count). The molecule has 2 bridgehead atoms. The molecule has 272 valence electrons. The van der Waals surface area contributed by atoms with Crippen LogP contribution in [-0.4, -0.2) is 78.3 Å². The number of hydrogen-bond donors (Lipinski definition) is 3. The van der Waals surface area contributed by atoms with Gasteiger partial charge in [0.15, 0.2) is 5.78 Å². The number of aryl methyl sites for hydroxylation is 2. The Balaban J connectivity index is 1.28. The highest BCUT2D eigenvalue weighted by Gasteiger charge is 2.67. The Labute approximate surface area is 296 Å². The summed E-state index contributed by atoms with van der Waals surface area (Å²) >= 11 is 0. The van der Waals surface area contributed by atoms with Crippen molar-refractivity contribution in [2.24, 2.45) is 5.41 Å². The van der Waals surface area contributed by atoms with Gasteiger partial charge >= 0.3 is 6.18 Å². The molecule has 1 aliphatic carbocycles. The molecule has 3 aromatic heterocycles. The van der Waals surface area contributed by atoms with Gasteiger partial charge in [0.25, 0.3) is 0 Å². The third kappa shape index (κ3) is 6.68. The standard InChI is InChI=1S/C36H38F3N9O4/c1-19-8-9-27(36(37,38)39)44-33(19)45-34(52)26-13-35-14-28(35)48(26)30(51)17-47-32-24(31(46-47)20(2)49)11-22(23-15-41-21(3)42-16-23)12-25(32)40-10-6-4-5-7-29(50)43-18-35/h8-9,11-12,15-16,26,28,40H,4-7,10,13-14,17-18H2,1-3H3,(H,43,50)(H,44,45,52)/t26-,28+,35-/m0/s1. The highest BCUT2D eigenvalue weighted by atomic mass is 19.4. The molecule has 2 aliphatic heterocycles. The van der Waals surface area contributed by atoms with Crippen LogP contribution in [0.1, 0.15) is 73.0 Å². The fourth-order valence-electron chi connectivity index (χ4n) is 7.40. The molecule has 16 heteroatoms. The molecule has 4 aromatic rings. The van der Waals surface area contributed by atoms with Crippen molar-refractivity contribution >= 4 is 45.9 Å². The second-order valence-corrected chi connectivity index (χ2v) is 14.0. The van der Waals surface area contributed by atoms with Crippen molar-refractivity contribution in [2.75, 3.05) is 23.7 Å². The zero-order chi connectivity index (χ0) is 36.9. The van der Waals surface area contributed by atoms with Crippen molar-refractivity contribution < 1.29 is 32.3 Å². The predicted molar refractivity (Wildman–Crippen MR) is 184 cm³/mol. The maximum atomic E-state index is 14.4. The van der Waals surface area contributed by atoms with E-state index in [0.29, 0.717) is 53.8 Å². The molecule has 13 nitrogen and oxygen atoms in total. The molecule has 1 saturated heterocycles. The first-order valence-corrected chi connectivity index (χ1v) is 17.3. The van der Waals surface area contributed by atoms with E-state index >= 15 is 0 Å². The molecule has 52 heavy (non-hydrogen) atoms. The molecule has 0 unspecified atom stereocenters. The first kappa shape index (κ1) is 35.0. The number of alkyl halides is 3. The number of rotatable bonds is 4. The molecule has 3 amide bonds. The number of halogens is 3. The topological polar surface area (TPSA) is 164 Å². The molecule has 1 saturated carbocycles. The number of benzene rings is 1. The van der Waals surface area contributed by atoms with Crippen molar-refractivity contribution in [3.05, 3.63) is 59.4 Å². The Hall–Kier alpha value is -5.41. The minimum absolute atomic E-state index is 0.126. The normalized spacial score (nSPS) is 22.3. The maximum absolute atomic E-state index is 14.4.